The summed E-state index contributed by atoms with van der Waals surface area (Å²) in [5.41, 5.74) is 8.70. The third-order valence-corrected chi connectivity index (χ3v) is 3.62. The Morgan fingerprint density at radius 2 is 2.22 bits per heavy atom. The third kappa shape index (κ3) is 1.67. The number of fused-ring (bicyclic) bond motifs is 1. The minimum atomic E-state index is 0.215. The van der Waals surface area contributed by atoms with E-state index in [0.29, 0.717) is 6.54 Å². The van der Waals surface area contributed by atoms with Gasteiger partial charge >= 0.3 is 0 Å². The van der Waals surface area contributed by atoms with Gasteiger partial charge in [0.1, 0.15) is 5.82 Å². The second-order valence-electron chi connectivity index (χ2n) is 4.61. The van der Waals surface area contributed by atoms with Crippen LogP contribution in [0.3, 0.4) is 0 Å². The smallest absolute Gasteiger partial charge is 0.147 e. The first-order valence-corrected chi connectivity index (χ1v) is 6.20. The van der Waals surface area contributed by atoms with Crippen molar-refractivity contribution in [2.75, 3.05) is 18.0 Å². The largest absolute Gasteiger partial charge is 0.347 e. The summed E-state index contributed by atoms with van der Waals surface area (Å²) < 4.78 is 1.80. The van der Waals surface area contributed by atoms with Crippen LogP contribution in [0, 0.1) is 0 Å². The molecule has 0 bridgehead atoms. The summed E-state index contributed by atoms with van der Waals surface area (Å²) in [4.78, 5) is 2.29. The number of hydrogen-bond acceptors (Lipinski definition) is 4. The molecule has 5 heteroatoms. The van der Waals surface area contributed by atoms with Crippen LogP contribution in [0.4, 0.5) is 5.82 Å². The van der Waals surface area contributed by atoms with Crippen molar-refractivity contribution < 1.29 is 0 Å². The summed E-state index contributed by atoms with van der Waals surface area (Å²) in [5, 5.41) is 7.95. The summed E-state index contributed by atoms with van der Waals surface area (Å²) >= 11 is 0. The Bertz CT molecular complexity index is 548. The Hall–Kier alpha value is -1.88. The molecule has 0 radical (unpaired) electrons. The van der Waals surface area contributed by atoms with Crippen LogP contribution >= 0.6 is 0 Å². The summed E-state index contributed by atoms with van der Waals surface area (Å²) in [6.07, 6.45) is 2.84. The standard InChI is InChI=1S/C13H17N5/c1-17-13(9-15-16-17)18-7-6-10-4-2-3-5-11(10)12(18)8-14/h2-5,9,12H,6-8,14H2,1H3. The molecule has 0 spiro atoms. The van der Waals surface area contributed by atoms with Crippen molar-refractivity contribution in [1.29, 1.82) is 0 Å². The molecule has 1 aromatic heterocycles. The van der Waals surface area contributed by atoms with Crippen molar-refractivity contribution in [3.63, 3.8) is 0 Å². The van der Waals surface area contributed by atoms with E-state index in [1.165, 1.54) is 11.1 Å². The van der Waals surface area contributed by atoms with E-state index in [-0.39, 0.29) is 6.04 Å². The fourth-order valence-electron chi connectivity index (χ4n) is 2.72. The molecule has 2 aromatic rings. The van der Waals surface area contributed by atoms with Gasteiger partial charge in [-0.3, -0.25) is 0 Å². The zero-order valence-corrected chi connectivity index (χ0v) is 10.5. The van der Waals surface area contributed by atoms with E-state index in [2.05, 4.69) is 39.5 Å². The zero-order chi connectivity index (χ0) is 12.5. The second kappa shape index (κ2) is 4.42. The molecule has 1 aliphatic heterocycles. The quantitative estimate of drug-likeness (QED) is 0.850. The van der Waals surface area contributed by atoms with Gasteiger partial charge in [-0.15, -0.1) is 5.10 Å². The summed E-state index contributed by atoms with van der Waals surface area (Å²) in [7, 11) is 1.91. The van der Waals surface area contributed by atoms with Crippen LogP contribution in [0.15, 0.2) is 30.5 Å². The average molecular weight is 243 g/mol. The number of aromatic nitrogens is 3. The van der Waals surface area contributed by atoms with Crippen LogP contribution in [-0.4, -0.2) is 28.1 Å². The van der Waals surface area contributed by atoms with E-state index >= 15 is 0 Å². The third-order valence-electron chi connectivity index (χ3n) is 3.62. The van der Waals surface area contributed by atoms with E-state index in [9.17, 15) is 0 Å². The fraction of sp³-hybridized carbons (Fsp3) is 0.385. The number of benzene rings is 1. The van der Waals surface area contributed by atoms with Crippen molar-refractivity contribution in [1.82, 2.24) is 15.0 Å². The van der Waals surface area contributed by atoms with Gasteiger partial charge in [-0.25, -0.2) is 4.68 Å². The molecule has 0 aliphatic carbocycles. The number of anilines is 1. The predicted octanol–water partition coefficient (Wildman–Crippen LogP) is 0.878. The highest BCUT2D eigenvalue weighted by Gasteiger charge is 2.27. The summed E-state index contributed by atoms with van der Waals surface area (Å²) in [5.74, 6) is 1.03. The summed E-state index contributed by atoms with van der Waals surface area (Å²) in [6.45, 7) is 1.56. The molecule has 1 aliphatic rings. The lowest BCUT2D eigenvalue weighted by molar-refractivity contribution is 0.565. The van der Waals surface area contributed by atoms with E-state index < -0.39 is 0 Å². The minimum Gasteiger partial charge on any atom is -0.347 e. The Kier molecular flexibility index (Phi) is 2.76. The fourth-order valence-corrected chi connectivity index (χ4v) is 2.72. The van der Waals surface area contributed by atoms with E-state index in [1.807, 2.05) is 7.05 Å². The maximum atomic E-state index is 5.97. The molecule has 1 atom stereocenters. The Morgan fingerprint density at radius 3 is 2.94 bits per heavy atom. The van der Waals surface area contributed by atoms with Gasteiger partial charge in [0, 0.05) is 20.1 Å². The molecule has 0 amide bonds. The maximum Gasteiger partial charge on any atom is 0.147 e. The van der Waals surface area contributed by atoms with Gasteiger partial charge in [-0.1, -0.05) is 29.5 Å². The first-order chi connectivity index (χ1) is 8.81. The predicted molar refractivity (Wildman–Crippen MR) is 70.3 cm³/mol. The van der Waals surface area contributed by atoms with Gasteiger partial charge in [0.2, 0.25) is 0 Å². The van der Waals surface area contributed by atoms with Crippen molar-refractivity contribution in [2.45, 2.75) is 12.5 Å². The molecule has 0 fully saturated rings. The van der Waals surface area contributed by atoms with Crippen LogP contribution < -0.4 is 10.6 Å². The molecule has 0 saturated carbocycles. The van der Waals surface area contributed by atoms with Gasteiger partial charge in [0.05, 0.1) is 12.2 Å². The molecule has 18 heavy (non-hydrogen) atoms. The van der Waals surface area contributed by atoms with Crippen LogP contribution in [0.2, 0.25) is 0 Å². The van der Waals surface area contributed by atoms with Crippen LogP contribution in [0.25, 0.3) is 0 Å². The zero-order valence-electron chi connectivity index (χ0n) is 10.5. The van der Waals surface area contributed by atoms with Crippen molar-refractivity contribution in [3.05, 3.63) is 41.6 Å². The highest BCUT2D eigenvalue weighted by Crippen LogP contribution is 2.32. The van der Waals surface area contributed by atoms with Crippen LogP contribution in [0.5, 0.6) is 0 Å². The molecule has 2 N–H and O–H groups in total. The lowest BCUT2D eigenvalue weighted by Gasteiger charge is -2.37. The maximum absolute atomic E-state index is 5.97. The number of nitrogens with zero attached hydrogens (tertiary/aromatic N) is 4. The highest BCUT2D eigenvalue weighted by atomic mass is 15.5. The lowest BCUT2D eigenvalue weighted by Crippen LogP contribution is -2.40. The van der Waals surface area contributed by atoms with Gasteiger partial charge in [0.25, 0.3) is 0 Å². The molecule has 1 aromatic carbocycles. The first kappa shape index (κ1) is 11.2. The molecular formula is C13H17N5. The monoisotopic (exact) mass is 243 g/mol. The normalized spacial score (nSPS) is 18.8. The van der Waals surface area contributed by atoms with Crippen LogP contribution in [-0.2, 0) is 13.5 Å². The van der Waals surface area contributed by atoms with Crippen LogP contribution in [0.1, 0.15) is 17.2 Å². The van der Waals surface area contributed by atoms with Gasteiger partial charge in [-0.05, 0) is 17.5 Å². The molecule has 1 unspecified atom stereocenters. The van der Waals surface area contributed by atoms with E-state index in [1.54, 1.807) is 10.9 Å². The van der Waals surface area contributed by atoms with Crippen molar-refractivity contribution in [2.24, 2.45) is 12.8 Å². The van der Waals surface area contributed by atoms with E-state index in [0.717, 1.165) is 18.8 Å². The number of hydrogen-bond donors (Lipinski definition) is 1. The molecule has 2 heterocycles. The molecular weight excluding hydrogens is 226 g/mol. The first-order valence-electron chi connectivity index (χ1n) is 6.20. The highest BCUT2D eigenvalue weighted by molar-refractivity contribution is 5.46. The Labute approximate surface area is 106 Å². The van der Waals surface area contributed by atoms with Gasteiger partial charge in [0.15, 0.2) is 0 Å². The number of rotatable bonds is 2. The molecule has 5 nitrogen and oxygen atoms in total. The number of nitrogens with two attached hydrogens (primary N) is 1. The molecule has 94 valence electrons. The Balaban J connectivity index is 2.02. The van der Waals surface area contributed by atoms with Crippen molar-refractivity contribution in [3.8, 4) is 0 Å². The molecule has 3 rings (SSSR count). The Morgan fingerprint density at radius 1 is 1.39 bits per heavy atom. The lowest BCUT2D eigenvalue weighted by atomic mass is 9.92. The average Bonchev–Trinajstić information content (AvgIpc) is 2.83. The SMILES string of the molecule is Cn1nncc1N1CCc2ccccc2C1CN. The van der Waals surface area contributed by atoms with Gasteiger partial charge in [-0.2, -0.15) is 0 Å². The van der Waals surface area contributed by atoms with Gasteiger partial charge < -0.3 is 10.6 Å². The summed E-state index contributed by atoms with van der Waals surface area (Å²) in [6, 6.07) is 8.74. The van der Waals surface area contributed by atoms with Crippen molar-refractivity contribution >= 4 is 5.82 Å². The minimum absolute atomic E-state index is 0.215. The topological polar surface area (TPSA) is 60.0 Å². The number of aryl methyl sites for hydroxylation is 1. The second-order valence-corrected chi connectivity index (χ2v) is 4.61. The molecule has 0 saturated heterocycles. The van der Waals surface area contributed by atoms with E-state index in [4.69, 9.17) is 5.73 Å².